The number of aromatic nitrogens is 1. The molecule has 1 aliphatic carbocycles. The van der Waals surface area contributed by atoms with Crippen molar-refractivity contribution in [3.63, 3.8) is 0 Å². The van der Waals surface area contributed by atoms with E-state index in [4.69, 9.17) is 21.7 Å². The molecule has 0 bridgehead atoms. The van der Waals surface area contributed by atoms with Gasteiger partial charge in [0.2, 0.25) is 11.8 Å². The number of benzene rings is 1. The maximum absolute atomic E-state index is 13.5. The molecule has 2 aromatic rings. The summed E-state index contributed by atoms with van der Waals surface area (Å²) in [4.78, 5) is 32.4. The molecule has 1 saturated heterocycles. The Labute approximate surface area is 221 Å². The fourth-order valence-electron chi connectivity index (χ4n) is 5.50. The zero-order valence-electron chi connectivity index (χ0n) is 21.3. The highest BCUT2D eigenvalue weighted by Gasteiger charge is 2.54. The summed E-state index contributed by atoms with van der Waals surface area (Å²) in [6.07, 6.45) is 3.10. The van der Waals surface area contributed by atoms with Crippen molar-refractivity contribution >= 4 is 29.4 Å². The molecule has 1 aromatic carbocycles. The van der Waals surface area contributed by atoms with Gasteiger partial charge in [-0.15, -0.1) is 0 Å². The number of pyridine rings is 1. The third kappa shape index (κ3) is 4.78. The highest BCUT2D eigenvalue weighted by Crippen LogP contribution is 2.51. The number of ether oxygens (including phenoxy) is 1. The number of aliphatic hydroxyl groups is 1. The van der Waals surface area contributed by atoms with Gasteiger partial charge in [0.1, 0.15) is 17.5 Å². The van der Waals surface area contributed by atoms with Crippen LogP contribution in [0.1, 0.15) is 63.7 Å². The lowest BCUT2D eigenvalue weighted by Crippen LogP contribution is -2.60. The molecule has 9 nitrogen and oxygen atoms in total. The van der Waals surface area contributed by atoms with Gasteiger partial charge in [-0.3, -0.25) is 24.9 Å². The fourth-order valence-corrected chi connectivity index (χ4v) is 5.68. The SMILES string of the molecule is CC1(C)CC(=O)N([C@H](c2cccnc2)C2C[C@H]2C(=O)N[C@@H]2c3cc(Cl)ccc3OC(C)(C)[C@H]2O)C(=N)N1. The smallest absolute Gasteiger partial charge is 0.232 e. The second-order valence-corrected chi connectivity index (χ2v) is 11.8. The molecule has 2 amide bonds. The summed E-state index contributed by atoms with van der Waals surface area (Å²) in [6.45, 7) is 7.31. The highest BCUT2D eigenvalue weighted by molar-refractivity contribution is 6.30. The number of carbonyl (C=O) groups is 2. The van der Waals surface area contributed by atoms with Gasteiger partial charge < -0.3 is 20.5 Å². The van der Waals surface area contributed by atoms with Crippen LogP contribution in [0.4, 0.5) is 0 Å². The first kappa shape index (κ1) is 25.5. The standard InChI is InChI=1S/C27H32ClN5O4/c1-26(2)12-20(34)33(25(29)32-26)22(14-6-5-9-30-13-14)16-11-17(16)24(36)31-21-18-10-15(28)7-8-19(18)37-27(3,4)23(21)35/h5-10,13,16-17,21-23,35H,11-12H2,1-4H3,(H2,29,32)(H,31,36)/t16?,17-,21-,22-,23+/m1/s1. The second kappa shape index (κ2) is 8.99. The molecule has 5 rings (SSSR count). The van der Waals surface area contributed by atoms with E-state index < -0.39 is 35.2 Å². The Bertz CT molecular complexity index is 1230. The van der Waals surface area contributed by atoms with Crippen molar-refractivity contribution in [1.82, 2.24) is 20.5 Å². The average molecular weight is 526 g/mol. The minimum absolute atomic E-state index is 0.0198. The Morgan fingerprint density at radius 3 is 2.76 bits per heavy atom. The number of nitrogens with one attached hydrogen (secondary N) is 3. The number of hydrogen-bond donors (Lipinski definition) is 4. The monoisotopic (exact) mass is 525 g/mol. The van der Waals surface area contributed by atoms with Crippen LogP contribution in [0, 0.1) is 17.2 Å². The first-order chi connectivity index (χ1) is 17.4. The number of fused-ring (bicyclic) bond motifs is 1. The topological polar surface area (TPSA) is 128 Å². The molecule has 0 radical (unpaired) electrons. The van der Waals surface area contributed by atoms with Crippen LogP contribution in [-0.2, 0) is 9.59 Å². The van der Waals surface area contributed by atoms with Crippen molar-refractivity contribution in [2.45, 2.75) is 69.9 Å². The lowest BCUT2D eigenvalue weighted by atomic mass is 9.86. The Balaban J connectivity index is 1.40. The number of hydrogen-bond acceptors (Lipinski definition) is 6. The van der Waals surface area contributed by atoms with Gasteiger partial charge in [0.15, 0.2) is 5.96 Å². The Hall–Kier alpha value is -3.17. The predicted molar refractivity (Wildman–Crippen MR) is 138 cm³/mol. The minimum Gasteiger partial charge on any atom is -0.485 e. The third-order valence-corrected chi connectivity index (χ3v) is 7.69. The molecule has 196 valence electrons. The van der Waals surface area contributed by atoms with Crippen molar-refractivity contribution < 1.29 is 19.4 Å². The number of carbonyl (C=O) groups excluding carboxylic acids is 2. The minimum atomic E-state index is -1.00. The van der Waals surface area contributed by atoms with Crippen LogP contribution < -0.4 is 15.4 Å². The van der Waals surface area contributed by atoms with E-state index >= 15 is 0 Å². The number of guanidine groups is 1. The number of halogens is 1. The van der Waals surface area contributed by atoms with Gasteiger partial charge in [-0.1, -0.05) is 17.7 Å². The van der Waals surface area contributed by atoms with E-state index in [2.05, 4.69) is 15.6 Å². The van der Waals surface area contributed by atoms with Gasteiger partial charge in [0, 0.05) is 40.9 Å². The Kier molecular flexibility index (Phi) is 6.19. The average Bonchev–Trinajstić information content (AvgIpc) is 3.60. The van der Waals surface area contributed by atoms with Gasteiger partial charge in [-0.2, -0.15) is 0 Å². The largest absolute Gasteiger partial charge is 0.485 e. The van der Waals surface area contributed by atoms with Gasteiger partial charge in [-0.05, 0) is 69.9 Å². The third-order valence-electron chi connectivity index (χ3n) is 7.45. The molecule has 1 unspecified atom stereocenters. The summed E-state index contributed by atoms with van der Waals surface area (Å²) in [5.41, 5.74) is -0.0568. The van der Waals surface area contributed by atoms with Crippen molar-refractivity contribution in [2.75, 3.05) is 0 Å². The summed E-state index contributed by atoms with van der Waals surface area (Å²) in [5.74, 6) is -0.422. The molecular weight excluding hydrogens is 494 g/mol. The normalized spacial score (nSPS) is 28.4. The molecule has 4 N–H and O–H groups in total. The van der Waals surface area contributed by atoms with E-state index in [0.29, 0.717) is 22.8 Å². The van der Waals surface area contributed by atoms with E-state index in [1.807, 2.05) is 19.9 Å². The first-order valence-electron chi connectivity index (χ1n) is 12.4. The molecule has 1 aromatic heterocycles. The molecule has 3 aliphatic rings. The van der Waals surface area contributed by atoms with Crippen LogP contribution in [-0.4, -0.2) is 50.0 Å². The van der Waals surface area contributed by atoms with Gasteiger partial charge in [0.25, 0.3) is 0 Å². The number of rotatable bonds is 5. The maximum atomic E-state index is 13.5. The first-order valence-corrected chi connectivity index (χ1v) is 12.8. The molecule has 10 heteroatoms. The van der Waals surface area contributed by atoms with Crippen LogP contribution in [0.3, 0.4) is 0 Å². The van der Waals surface area contributed by atoms with E-state index in [-0.39, 0.29) is 30.1 Å². The maximum Gasteiger partial charge on any atom is 0.232 e. The summed E-state index contributed by atoms with van der Waals surface area (Å²) in [7, 11) is 0. The summed E-state index contributed by atoms with van der Waals surface area (Å²) in [6, 6.07) is 7.59. The summed E-state index contributed by atoms with van der Waals surface area (Å²) < 4.78 is 5.97. The molecule has 2 fully saturated rings. The molecular formula is C27H32ClN5O4. The van der Waals surface area contributed by atoms with Gasteiger partial charge in [0.05, 0.1) is 12.1 Å². The number of amides is 2. The summed E-state index contributed by atoms with van der Waals surface area (Å²) >= 11 is 6.22. The number of nitrogens with zero attached hydrogens (tertiary/aromatic N) is 2. The van der Waals surface area contributed by atoms with E-state index in [9.17, 15) is 14.7 Å². The lowest BCUT2D eigenvalue weighted by molar-refractivity contribution is -0.133. The van der Waals surface area contributed by atoms with Crippen molar-refractivity contribution in [3.8, 4) is 5.75 Å². The van der Waals surface area contributed by atoms with Crippen molar-refractivity contribution in [3.05, 3.63) is 58.9 Å². The number of aliphatic hydroxyl groups excluding tert-OH is 1. The van der Waals surface area contributed by atoms with Gasteiger partial charge >= 0.3 is 0 Å². The van der Waals surface area contributed by atoms with E-state index in [1.165, 1.54) is 4.90 Å². The van der Waals surface area contributed by atoms with Crippen LogP contribution in [0.2, 0.25) is 5.02 Å². The van der Waals surface area contributed by atoms with Crippen LogP contribution in [0.25, 0.3) is 0 Å². The van der Waals surface area contributed by atoms with Crippen molar-refractivity contribution in [2.24, 2.45) is 11.8 Å². The highest BCUT2D eigenvalue weighted by atomic mass is 35.5. The molecule has 3 heterocycles. The molecule has 2 aliphatic heterocycles. The molecule has 1 saturated carbocycles. The van der Waals surface area contributed by atoms with Crippen LogP contribution >= 0.6 is 11.6 Å². The summed E-state index contributed by atoms with van der Waals surface area (Å²) in [5, 5.41) is 26.3. The van der Waals surface area contributed by atoms with E-state index in [0.717, 1.165) is 5.56 Å². The van der Waals surface area contributed by atoms with E-state index in [1.54, 1.807) is 50.5 Å². The van der Waals surface area contributed by atoms with Crippen LogP contribution in [0.5, 0.6) is 5.75 Å². The Morgan fingerprint density at radius 1 is 1.32 bits per heavy atom. The molecule has 37 heavy (non-hydrogen) atoms. The zero-order valence-corrected chi connectivity index (χ0v) is 22.0. The quantitative estimate of drug-likeness (QED) is 0.474. The second-order valence-electron chi connectivity index (χ2n) is 11.4. The van der Waals surface area contributed by atoms with Crippen molar-refractivity contribution in [1.29, 1.82) is 5.41 Å². The Morgan fingerprint density at radius 2 is 2.08 bits per heavy atom. The zero-order chi connectivity index (χ0) is 26.7. The lowest BCUT2D eigenvalue weighted by Gasteiger charge is -2.43. The predicted octanol–water partition coefficient (Wildman–Crippen LogP) is 3.34. The molecule has 5 atom stereocenters. The van der Waals surface area contributed by atoms with Crippen LogP contribution in [0.15, 0.2) is 42.7 Å². The molecule has 0 spiro atoms. The fraction of sp³-hybridized carbons (Fsp3) is 0.481. The van der Waals surface area contributed by atoms with Gasteiger partial charge in [-0.25, -0.2) is 0 Å².